The summed E-state index contributed by atoms with van der Waals surface area (Å²) in [7, 11) is 1.59. The number of methoxy groups -OCH3 is 1. The fraction of sp³-hybridized carbons (Fsp3) is 0.375. The van der Waals surface area contributed by atoms with Gasteiger partial charge in [0.1, 0.15) is 24.4 Å². The molecule has 0 bridgehead atoms. The lowest BCUT2D eigenvalue weighted by Gasteiger charge is -2.48. The maximum atomic E-state index is 13.6. The van der Waals surface area contributed by atoms with E-state index in [4.69, 9.17) is 25.8 Å². The van der Waals surface area contributed by atoms with E-state index >= 15 is 0 Å². The number of hydrogen-bond donors (Lipinski definition) is 0. The van der Waals surface area contributed by atoms with Crippen molar-refractivity contribution in [3.8, 4) is 5.75 Å². The Kier molecular flexibility index (Phi) is 5.36. The van der Waals surface area contributed by atoms with E-state index in [1.54, 1.807) is 25.5 Å². The molecule has 0 aromatic heterocycles. The van der Waals surface area contributed by atoms with Crippen molar-refractivity contribution < 1.29 is 23.4 Å². The van der Waals surface area contributed by atoms with E-state index in [1.165, 1.54) is 6.07 Å². The van der Waals surface area contributed by atoms with Gasteiger partial charge in [-0.05, 0) is 37.1 Å². The molecule has 2 aromatic carbocycles. The topological polar surface area (TPSA) is 48.0 Å². The van der Waals surface area contributed by atoms with Crippen LogP contribution in [-0.2, 0) is 14.3 Å². The minimum absolute atomic E-state index is 0.0238. The zero-order valence-electron chi connectivity index (χ0n) is 17.1. The molecule has 4 unspecified atom stereocenters. The second-order valence-corrected chi connectivity index (χ2v) is 8.61. The highest BCUT2D eigenvalue weighted by molar-refractivity contribution is 6.31. The van der Waals surface area contributed by atoms with Crippen LogP contribution in [0.1, 0.15) is 18.4 Å². The molecule has 31 heavy (non-hydrogen) atoms. The third-order valence-electron chi connectivity index (χ3n) is 6.54. The summed E-state index contributed by atoms with van der Waals surface area (Å²) in [5.41, 5.74) is 2.09. The average Bonchev–Trinajstić information content (AvgIpc) is 2.80. The van der Waals surface area contributed by atoms with Gasteiger partial charge in [0, 0.05) is 23.7 Å². The maximum Gasteiger partial charge on any atom is 0.173 e. The summed E-state index contributed by atoms with van der Waals surface area (Å²) >= 11 is 5.97. The first-order chi connectivity index (χ1) is 15.1. The predicted octanol–water partition coefficient (Wildman–Crippen LogP) is 4.69. The molecule has 0 spiro atoms. The first-order valence-corrected chi connectivity index (χ1v) is 10.8. The quantitative estimate of drug-likeness (QED) is 0.689. The van der Waals surface area contributed by atoms with Crippen LogP contribution in [0.5, 0.6) is 5.75 Å². The summed E-state index contributed by atoms with van der Waals surface area (Å²) in [6.07, 6.45) is 2.88. The van der Waals surface area contributed by atoms with Crippen LogP contribution in [-0.4, -0.2) is 38.4 Å². The molecule has 3 aliphatic rings. The lowest BCUT2D eigenvalue weighted by Crippen LogP contribution is -2.56. The van der Waals surface area contributed by atoms with Crippen LogP contribution in [0, 0.1) is 17.7 Å². The van der Waals surface area contributed by atoms with Crippen molar-refractivity contribution in [3.63, 3.8) is 0 Å². The Hall–Kier alpha value is -2.57. The van der Waals surface area contributed by atoms with E-state index in [0.717, 1.165) is 24.1 Å². The lowest BCUT2D eigenvalue weighted by molar-refractivity contribution is -0.140. The van der Waals surface area contributed by atoms with Crippen LogP contribution in [0.4, 0.5) is 10.1 Å². The number of Topliss-reactive ketones (excluding diaryl/α,β-unsaturated/α-hetero) is 1. The summed E-state index contributed by atoms with van der Waals surface area (Å²) in [5.74, 6) is 0.0794. The number of allylic oxidation sites excluding steroid dienone is 1. The minimum Gasteiger partial charge on any atom is -0.496 e. The van der Waals surface area contributed by atoms with E-state index in [1.807, 2.05) is 29.2 Å². The molecule has 1 saturated carbocycles. The number of carbonyl (C=O) groups is 1. The SMILES string of the molecule is COc1ccccc1C1=COC2C(CCC3OCN(c4ccc(F)c(Cl)c4)CC32)C1=O. The van der Waals surface area contributed by atoms with Gasteiger partial charge in [-0.25, -0.2) is 4.39 Å². The molecular formula is C24H23ClFNO4. The maximum absolute atomic E-state index is 13.6. The highest BCUT2D eigenvalue weighted by atomic mass is 35.5. The molecule has 4 atom stereocenters. The number of ketones is 1. The van der Waals surface area contributed by atoms with Crippen LogP contribution in [0.3, 0.4) is 0 Å². The minimum atomic E-state index is -0.450. The monoisotopic (exact) mass is 443 g/mol. The summed E-state index contributed by atoms with van der Waals surface area (Å²) in [5, 5.41) is 0.0784. The molecule has 0 amide bonds. The normalized spacial score (nSPS) is 27.6. The van der Waals surface area contributed by atoms with Crippen LogP contribution in [0.2, 0.25) is 5.02 Å². The Morgan fingerprint density at radius 2 is 2.03 bits per heavy atom. The van der Waals surface area contributed by atoms with E-state index in [0.29, 0.717) is 24.6 Å². The molecule has 1 saturated heterocycles. The lowest BCUT2D eigenvalue weighted by atomic mass is 9.71. The molecule has 7 heteroatoms. The van der Waals surface area contributed by atoms with E-state index in [2.05, 4.69) is 0 Å². The zero-order valence-corrected chi connectivity index (χ0v) is 17.8. The van der Waals surface area contributed by atoms with Crippen LogP contribution in [0.15, 0.2) is 48.7 Å². The molecule has 5 nitrogen and oxygen atoms in total. The Labute approximate surface area is 185 Å². The Morgan fingerprint density at radius 1 is 1.19 bits per heavy atom. The van der Waals surface area contributed by atoms with Gasteiger partial charge >= 0.3 is 0 Å². The summed E-state index contributed by atoms with van der Waals surface area (Å²) in [4.78, 5) is 15.4. The Morgan fingerprint density at radius 3 is 2.84 bits per heavy atom. The number of nitrogens with zero attached hydrogens (tertiary/aromatic N) is 1. The van der Waals surface area contributed by atoms with Gasteiger partial charge < -0.3 is 19.1 Å². The number of benzene rings is 2. The van der Waals surface area contributed by atoms with Crippen molar-refractivity contribution in [1.29, 1.82) is 0 Å². The van der Waals surface area contributed by atoms with Gasteiger partial charge in [0.05, 0.1) is 36.0 Å². The highest BCUT2D eigenvalue weighted by Gasteiger charge is 2.49. The molecule has 162 valence electrons. The molecule has 0 N–H and O–H groups in total. The van der Waals surface area contributed by atoms with E-state index in [-0.39, 0.29) is 34.8 Å². The van der Waals surface area contributed by atoms with Crippen molar-refractivity contribution >= 4 is 28.6 Å². The Balaban J connectivity index is 1.41. The molecule has 2 aliphatic heterocycles. The molecule has 2 fully saturated rings. The second kappa shape index (κ2) is 8.17. The first kappa shape index (κ1) is 20.3. The van der Waals surface area contributed by atoms with Crippen molar-refractivity contribution in [2.45, 2.75) is 25.0 Å². The first-order valence-electron chi connectivity index (χ1n) is 10.4. The third kappa shape index (κ3) is 3.58. The van der Waals surface area contributed by atoms with Gasteiger partial charge in [-0.1, -0.05) is 29.8 Å². The van der Waals surface area contributed by atoms with Gasteiger partial charge in [0.15, 0.2) is 5.78 Å². The smallest absolute Gasteiger partial charge is 0.173 e. The third-order valence-corrected chi connectivity index (χ3v) is 6.83. The fourth-order valence-corrected chi connectivity index (χ4v) is 5.13. The van der Waals surface area contributed by atoms with Crippen molar-refractivity contribution in [1.82, 2.24) is 0 Å². The molecular weight excluding hydrogens is 421 g/mol. The van der Waals surface area contributed by atoms with E-state index < -0.39 is 5.82 Å². The highest BCUT2D eigenvalue weighted by Crippen LogP contribution is 2.43. The van der Waals surface area contributed by atoms with Gasteiger partial charge in [0.25, 0.3) is 0 Å². The molecule has 2 heterocycles. The fourth-order valence-electron chi connectivity index (χ4n) is 4.96. The standard InChI is InChI=1S/C24H23ClFNO4/c1-29-21-5-3-2-4-15(21)18-12-30-24-16(23(18)28)7-9-22-17(24)11-27(13-31-22)14-6-8-20(26)19(25)10-14/h2-6,8,10,12,16-17,22,24H,7,9,11,13H2,1H3. The van der Waals surface area contributed by atoms with Gasteiger partial charge in [0.2, 0.25) is 0 Å². The number of rotatable bonds is 3. The largest absolute Gasteiger partial charge is 0.496 e. The number of anilines is 1. The molecule has 0 radical (unpaired) electrons. The van der Waals surface area contributed by atoms with Crippen LogP contribution < -0.4 is 9.64 Å². The number of hydrogen-bond acceptors (Lipinski definition) is 5. The van der Waals surface area contributed by atoms with Gasteiger partial charge in [-0.2, -0.15) is 0 Å². The van der Waals surface area contributed by atoms with Crippen LogP contribution in [0.25, 0.3) is 5.57 Å². The van der Waals surface area contributed by atoms with Gasteiger partial charge in [-0.3, -0.25) is 4.79 Å². The number of ether oxygens (including phenoxy) is 3. The summed E-state index contributed by atoms with van der Waals surface area (Å²) in [6.45, 7) is 1.05. The van der Waals surface area contributed by atoms with Crippen molar-refractivity contribution in [2.24, 2.45) is 11.8 Å². The molecule has 2 aromatic rings. The molecule has 5 rings (SSSR count). The number of fused-ring (bicyclic) bond motifs is 3. The van der Waals surface area contributed by atoms with Gasteiger partial charge in [-0.15, -0.1) is 0 Å². The summed E-state index contributed by atoms with van der Waals surface area (Å²) in [6, 6.07) is 12.1. The zero-order chi connectivity index (χ0) is 21.5. The second-order valence-electron chi connectivity index (χ2n) is 8.20. The van der Waals surface area contributed by atoms with Crippen LogP contribution >= 0.6 is 11.6 Å². The molecule has 1 aliphatic carbocycles. The predicted molar refractivity (Wildman–Crippen MR) is 116 cm³/mol. The average molecular weight is 444 g/mol. The Bertz CT molecular complexity index is 1040. The summed E-state index contributed by atoms with van der Waals surface area (Å²) < 4.78 is 31.3. The van der Waals surface area contributed by atoms with Crippen molar-refractivity contribution in [3.05, 3.63) is 65.1 Å². The number of carbonyl (C=O) groups excluding carboxylic acids is 1. The van der Waals surface area contributed by atoms with E-state index in [9.17, 15) is 9.18 Å². The number of halogens is 2. The van der Waals surface area contributed by atoms with Crippen molar-refractivity contribution in [2.75, 3.05) is 25.3 Å². The number of para-hydroxylation sites is 1.